The lowest BCUT2D eigenvalue weighted by atomic mass is 9.91. The van der Waals surface area contributed by atoms with Gasteiger partial charge in [-0.25, -0.2) is 4.99 Å². The zero-order valence-electron chi connectivity index (χ0n) is 13.2. The van der Waals surface area contributed by atoms with E-state index in [2.05, 4.69) is 15.2 Å². The molecule has 0 spiro atoms. The van der Waals surface area contributed by atoms with Gasteiger partial charge in [-0.05, 0) is 54.3 Å². The van der Waals surface area contributed by atoms with E-state index < -0.39 is 5.41 Å². The molecule has 0 fully saturated rings. The van der Waals surface area contributed by atoms with E-state index >= 15 is 0 Å². The molecule has 0 saturated carbocycles. The Bertz CT molecular complexity index is 299. The van der Waals surface area contributed by atoms with Crippen molar-refractivity contribution in [1.82, 2.24) is 10.2 Å². The molecule has 0 aliphatic carbocycles. The van der Waals surface area contributed by atoms with E-state index in [1.165, 1.54) is 0 Å². The fraction of sp³-hybridized carbons (Fsp3) is 0.857. The second kappa shape index (κ2) is 8.91. The second-order valence-electron chi connectivity index (χ2n) is 5.50. The molecule has 5 nitrogen and oxygen atoms in total. The van der Waals surface area contributed by atoms with Crippen molar-refractivity contribution in [1.29, 1.82) is 0 Å². The average Bonchev–Trinajstić information content (AvgIpc) is 2.34. The largest absolute Gasteiger partial charge is 0.392 e. The Morgan fingerprint density at radius 1 is 1.32 bits per heavy atom. The third-order valence-corrected chi connectivity index (χ3v) is 2.97. The van der Waals surface area contributed by atoms with E-state index in [9.17, 15) is 4.79 Å². The van der Waals surface area contributed by atoms with Crippen LogP contribution < -0.4 is 5.32 Å². The van der Waals surface area contributed by atoms with Crippen LogP contribution in [-0.4, -0.2) is 50.6 Å². The molecule has 0 aliphatic heterocycles. The molecule has 0 bridgehead atoms. The van der Waals surface area contributed by atoms with Gasteiger partial charge in [0.2, 0.25) is 0 Å². The van der Waals surface area contributed by atoms with Crippen molar-refractivity contribution in [3.05, 3.63) is 0 Å². The molecular weight excluding hydrogens is 242 g/mol. The number of carbonyl (C=O) groups is 1. The van der Waals surface area contributed by atoms with Crippen LogP contribution in [0.15, 0.2) is 4.99 Å². The molecule has 0 radical (unpaired) electrons. The fourth-order valence-electron chi connectivity index (χ4n) is 1.21. The number of carbonyl (C=O) groups excluding carboxylic acids is 1. The van der Waals surface area contributed by atoms with Crippen LogP contribution in [0.3, 0.4) is 0 Å². The Hall–Kier alpha value is -1.10. The van der Waals surface area contributed by atoms with Crippen LogP contribution in [-0.2, 0) is 9.53 Å². The van der Waals surface area contributed by atoms with Crippen molar-refractivity contribution in [3.63, 3.8) is 0 Å². The lowest BCUT2D eigenvalue weighted by Gasteiger charge is -2.20. The Morgan fingerprint density at radius 2 is 1.95 bits per heavy atom. The van der Waals surface area contributed by atoms with Crippen molar-refractivity contribution >= 4 is 12.0 Å². The van der Waals surface area contributed by atoms with Gasteiger partial charge in [-0.15, -0.1) is 0 Å². The van der Waals surface area contributed by atoms with Crippen molar-refractivity contribution in [2.24, 2.45) is 10.4 Å². The van der Waals surface area contributed by atoms with Crippen molar-refractivity contribution < 1.29 is 9.53 Å². The lowest BCUT2D eigenvalue weighted by molar-refractivity contribution is -0.145. The highest BCUT2D eigenvalue weighted by molar-refractivity contribution is 5.90. The van der Waals surface area contributed by atoms with Gasteiger partial charge in [0.05, 0.1) is 5.41 Å². The molecule has 5 heteroatoms. The summed E-state index contributed by atoms with van der Waals surface area (Å²) in [5.41, 5.74) is -0.472. The third-order valence-electron chi connectivity index (χ3n) is 2.97. The zero-order chi connectivity index (χ0) is 14.9. The number of nitrogens with one attached hydrogen (secondary N) is 1. The summed E-state index contributed by atoms with van der Waals surface area (Å²) in [5, 5.41) is 2.99. The molecule has 0 saturated heterocycles. The minimum absolute atomic E-state index is 0.234. The Morgan fingerprint density at radius 3 is 2.42 bits per heavy atom. The first-order valence-electron chi connectivity index (χ1n) is 6.98. The Balaban J connectivity index is 4.39. The van der Waals surface area contributed by atoms with Crippen molar-refractivity contribution in [2.45, 2.75) is 40.5 Å². The number of ether oxygens (including phenoxy) is 1. The molecule has 1 N–H and O–H groups in total. The molecule has 0 aromatic carbocycles. The highest BCUT2D eigenvalue weighted by atomic mass is 16.6. The molecule has 0 amide bonds. The van der Waals surface area contributed by atoms with Gasteiger partial charge in [-0.1, -0.05) is 6.92 Å². The Labute approximate surface area is 117 Å². The second-order valence-corrected chi connectivity index (χ2v) is 5.50. The molecule has 0 heterocycles. The quantitative estimate of drug-likeness (QED) is 0.332. The molecule has 19 heavy (non-hydrogen) atoms. The number of rotatable bonds is 7. The molecule has 0 rings (SSSR count). The van der Waals surface area contributed by atoms with E-state index in [1.807, 2.05) is 41.8 Å². The highest BCUT2D eigenvalue weighted by Gasteiger charge is 2.28. The summed E-state index contributed by atoms with van der Waals surface area (Å²) in [6, 6.07) is 0.341. The van der Waals surface area contributed by atoms with Gasteiger partial charge in [-0.3, -0.25) is 4.79 Å². The van der Waals surface area contributed by atoms with Gasteiger partial charge in [0.15, 0.2) is 0 Å². The van der Waals surface area contributed by atoms with E-state index in [0.717, 1.165) is 19.4 Å². The number of aliphatic imine (C=N–C) groups is 1. The molecular formula is C14H29N3O2. The average molecular weight is 271 g/mol. The summed E-state index contributed by atoms with van der Waals surface area (Å²) >= 11 is 0. The summed E-state index contributed by atoms with van der Waals surface area (Å²) in [4.78, 5) is 18.4. The number of amidine groups is 1. The first-order valence-corrected chi connectivity index (χ1v) is 6.98. The maximum absolute atomic E-state index is 12.0. The number of nitrogens with zero attached hydrogens (tertiary/aromatic N) is 2. The van der Waals surface area contributed by atoms with Crippen LogP contribution in [0.5, 0.6) is 0 Å². The topological polar surface area (TPSA) is 53.9 Å². The summed E-state index contributed by atoms with van der Waals surface area (Å²) in [6.07, 6.45) is 1.68. The van der Waals surface area contributed by atoms with Crippen LogP contribution in [0.1, 0.15) is 40.5 Å². The minimum Gasteiger partial charge on any atom is -0.392 e. The SMILES string of the molecule is CCNC(=NCCCN(C)C)OC(=O)C(C)(C)CC. The zero-order valence-corrected chi connectivity index (χ0v) is 13.2. The maximum atomic E-state index is 12.0. The van der Waals surface area contributed by atoms with Crippen molar-refractivity contribution in [3.8, 4) is 0 Å². The van der Waals surface area contributed by atoms with Gasteiger partial charge in [-0.2, -0.15) is 0 Å². The van der Waals surface area contributed by atoms with Gasteiger partial charge in [0.1, 0.15) is 0 Å². The smallest absolute Gasteiger partial charge is 0.319 e. The van der Waals surface area contributed by atoms with Crippen molar-refractivity contribution in [2.75, 3.05) is 33.7 Å². The van der Waals surface area contributed by atoms with E-state index in [4.69, 9.17) is 4.74 Å². The maximum Gasteiger partial charge on any atom is 0.319 e. The molecule has 0 unspecified atom stereocenters. The van der Waals surface area contributed by atoms with Crippen LogP contribution >= 0.6 is 0 Å². The van der Waals surface area contributed by atoms with Crippen LogP contribution in [0, 0.1) is 5.41 Å². The van der Waals surface area contributed by atoms with E-state index in [1.54, 1.807) is 0 Å². The first kappa shape index (κ1) is 17.9. The van der Waals surface area contributed by atoms with Crippen LogP contribution in [0.2, 0.25) is 0 Å². The summed E-state index contributed by atoms with van der Waals surface area (Å²) in [5.74, 6) is -0.234. The van der Waals surface area contributed by atoms with Gasteiger partial charge in [0.25, 0.3) is 6.02 Å². The Kier molecular flexibility index (Phi) is 8.39. The van der Waals surface area contributed by atoms with Crippen LogP contribution in [0.4, 0.5) is 0 Å². The summed E-state index contributed by atoms with van der Waals surface area (Å²) in [7, 11) is 4.05. The number of esters is 1. The molecule has 112 valence electrons. The lowest BCUT2D eigenvalue weighted by Crippen LogP contribution is -2.34. The predicted molar refractivity (Wildman–Crippen MR) is 79.3 cm³/mol. The van der Waals surface area contributed by atoms with Gasteiger partial charge in [0, 0.05) is 13.1 Å². The number of hydrogen-bond donors (Lipinski definition) is 1. The first-order chi connectivity index (χ1) is 8.83. The summed E-state index contributed by atoms with van der Waals surface area (Å²) < 4.78 is 5.34. The predicted octanol–water partition coefficient (Wildman–Crippen LogP) is 1.88. The minimum atomic E-state index is -0.472. The highest BCUT2D eigenvalue weighted by Crippen LogP contribution is 2.21. The third kappa shape index (κ3) is 7.82. The number of hydrogen-bond acceptors (Lipinski definition) is 4. The summed E-state index contributed by atoms with van der Waals surface area (Å²) in [6.45, 7) is 10.00. The molecule has 0 aromatic rings. The molecule has 0 aliphatic rings. The van der Waals surface area contributed by atoms with Gasteiger partial charge < -0.3 is 15.0 Å². The van der Waals surface area contributed by atoms with E-state index in [0.29, 0.717) is 19.1 Å². The standard InChI is InChI=1S/C14H29N3O2/c1-7-14(3,4)12(18)19-13(15-8-2)16-10-9-11-17(5)6/h7-11H2,1-6H3,(H,15,16). The fourth-order valence-corrected chi connectivity index (χ4v) is 1.21. The molecule has 0 atom stereocenters. The van der Waals surface area contributed by atoms with Crippen LogP contribution in [0.25, 0.3) is 0 Å². The van der Waals surface area contributed by atoms with Gasteiger partial charge >= 0.3 is 5.97 Å². The normalized spacial score (nSPS) is 12.7. The molecule has 0 aromatic heterocycles. The van der Waals surface area contributed by atoms with E-state index in [-0.39, 0.29) is 5.97 Å². The monoisotopic (exact) mass is 271 g/mol.